The van der Waals surface area contributed by atoms with Crippen molar-refractivity contribution in [2.24, 2.45) is 0 Å². The van der Waals surface area contributed by atoms with Gasteiger partial charge in [-0.1, -0.05) is 45.0 Å². The molecule has 1 aromatic carbocycles. The Morgan fingerprint density at radius 2 is 1.87 bits per heavy atom. The number of hydrogen-bond acceptors (Lipinski definition) is 9. The Labute approximate surface area is 223 Å². The smallest absolute Gasteiger partial charge is 0.224 e. The van der Waals surface area contributed by atoms with E-state index >= 15 is 0 Å². The lowest BCUT2D eigenvalue weighted by molar-refractivity contribution is -0.120. The fraction of sp³-hybridized carbons (Fsp3) is 0.556. The van der Waals surface area contributed by atoms with E-state index in [1.54, 1.807) is 4.57 Å². The van der Waals surface area contributed by atoms with Crippen molar-refractivity contribution in [2.45, 2.75) is 77.0 Å². The molecule has 38 heavy (non-hydrogen) atoms. The summed E-state index contributed by atoms with van der Waals surface area (Å²) in [5.74, 6) is 0.186. The summed E-state index contributed by atoms with van der Waals surface area (Å²) in [4.78, 5) is 27.0. The summed E-state index contributed by atoms with van der Waals surface area (Å²) in [7, 11) is 0. The van der Waals surface area contributed by atoms with Crippen LogP contribution in [0.4, 0.5) is 5.82 Å². The van der Waals surface area contributed by atoms with Crippen LogP contribution in [0.3, 0.4) is 0 Å². The molecule has 0 bridgehead atoms. The molecule has 3 aromatic rings. The zero-order valence-corrected chi connectivity index (χ0v) is 22.7. The molecule has 0 unspecified atom stereocenters. The molecule has 5 N–H and O–H groups in total. The number of anilines is 1. The van der Waals surface area contributed by atoms with Gasteiger partial charge in [-0.05, 0) is 30.4 Å². The first kappa shape index (κ1) is 27.9. The van der Waals surface area contributed by atoms with E-state index in [0.29, 0.717) is 37.2 Å². The highest BCUT2D eigenvalue weighted by Gasteiger charge is 2.45. The van der Waals surface area contributed by atoms with Crippen molar-refractivity contribution in [2.75, 3.05) is 25.4 Å². The fourth-order valence-corrected chi connectivity index (χ4v) is 4.67. The van der Waals surface area contributed by atoms with Crippen LogP contribution in [0.25, 0.3) is 11.2 Å². The van der Waals surface area contributed by atoms with Gasteiger partial charge in [0.2, 0.25) is 5.91 Å². The molecular weight excluding hydrogens is 486 g/mol. The number of imidazole rings is 1. The maximum absolute atomic E-state index is 12.5. The van der Waals surface area contributed by atoms with E-state index in [1.165, 1.54) is 18.2 Å². The van der Waals surface area contributed by atoms with Gasteiger partial charge in [0.05, 0.1) is 12.7 Å². The number of aliphatic hydroxyl groups is 2. The topological polar surface area (TPSA) is 152 Å². The van der Waals surface area contributed by atoms with E-state index in [2.05, 4.69) is 58.1 Å². The second kappa shape index (κ2) is 11.3. The Bertz CT molecular complexity index is 1240. The molecule has 0 aliphatic carbocycles. The zero-order valence-electron chi connectivity index (χ0n) is 22.7. The van der Waals surface area contributed by atoms with Crippen LogP contribution in [0.15, 0.2) is 36.9 Å². The number of carbonyl (C=O) groups excluding carboxylic acids is 1. The lowest BCUT2D eigenvalue weighted by atomic mass is 9.86. The molecule has 1 saturated heterocycles. The molecule has 0 radical (unpaired) electrons. The van der Waals surface area contributed by atoms with Crippen LogP contribution < -0.4 is 11.1 Å². The molecule has 2 aromatic heterocycles. The molecule has 0 spiro atoms. The maximum Gasteiger partial charge on any atom is 0.224 e. The first-order valence-electron chi connectivity index (χ1n) is 13.0. The van der Waals surface area contributed by atoms with Crippen molar-refractivity contribution in [1.29, 1.82) is 0 Å². The van der Waals surface area contributed by atoms with E-state index in [0.717, 1.165) is 5.56 Å². The monoisotopic (exact) mass is 525 g/mol. The summed E-state index contributed by atoms with van der Waals surface area (Å²) in [6, 6.07) is 8.29. The van der Waals surface area contributed by atoms with Crippen molar-refractivity contribution < 1.29 is 19.7 Å². The van der Waals surface area contributed by atoms with Gasteiger partial charge in [0, 0.05) is 25.7 Å². The number of nitrogens with zero attached hydrogens (tertiary/aromatic N) is 5. The number of aromatic nitrogens is 4. The van der Waals surface area contributed by atoms with E-state index in [9.17, 15) is 15.0 Å². The quantitative estimate of drug-likeness (QED) is 0.325. The summed E-state index contributed by atoms with van der Waals surface area (Å²) in [6.45, 7) is 12.0. The number of nitrogens with one attached hydrogen (secondary N) is 1. The molecule has 11 heteroatoms. The number of rotatable bonds is 9. The van der Waals surface area contributed by atoms with Crippen molar-refractivity contribution in [3.05, 3.63) is 48.0 Å². The Hall–Kier alpha value is -3.12. The van der Waals surface area contributed by atoms with Gasteiger partial charge in [-0.25, -0.2) is 15.0 Å². The van der Waals surface area contributed by atoms with Gasteiger partial charge >= 0.3 is 0 Å². The Kier molecular flexibility index (Phi) is 8.31. The number of nitrogens with two attached hydrogens (primary N) is 1. The van der Waals surface area contributed by atoms with Crippen LogP contribution >= 0.6 is 0 Å². The second-order valence-electron chi connectivity index (χ2n) is 11.2. The Morgan fingerprint density at radius 3 is 2.53 bits per heavy atom. The normalized spacial score (nSPS) is 22.0. The summed E-state index contributed by atoms with van der Waals surface area (Å²) in [5, 5.41) is 24.5. The molecule has 1 aliphatic heterocycles. The maximum atomic E-state index is 12.5. The number of amides is 1. The van der Waals surface area contributed by atoms with Crippen molar-refractivity contribution in [1.82, 2.24) is 29.7 Å². The predicted molar refractivity (Wildman–Crippen MR) is 144 cm³/mol. The summed E-state index contributed by atoms with van der Waals surface area (Å²) in [5.41, 5.74) is 8.98. The molecule has 4 atom stereocenters. The first-order chi connectivity index (χ1) is 18.0. The molecule has 3 heterocycles. The summed E-state index contributed by atoms with van der Waals surface area (Å²) in [6.07, 6.45) is -0.683. The number of aliphatic hydroxyl groups excluding tert-OH is 2. The highest BCUT2D eigenvalue weighted by molar-refractivity contribution is 5.81. The van der Waals surface area contributed by atoms with Crippen LogP contribution in [-0.2, 0) is 21.4 Å². The van der Waals surface area contributed by atoms with Crippen molar-refractivity contribution in [3.63, 3.8) is 0 Å². The third-order valence-corrected chi connectivity index (χ3v) is 7.05. The third kappa shape index (κ3) is 6.12. The molecule has 1 aliphatic rings. The molecule has 1 fully saturated rings. The van der Waals surface area contributed by atoms with Crippen molar-refractivity contribution >= 4 is 22.9 Å². The van der Waals surface area contributed by atoms with Crippen LogP contribution in [-0.4, -0.2) is 84.5 Å². The van der Waals surface area contributed by atoms with E-state index < -0.39 is 24.5 Å². The van der Waals surface area contributed by atoms with Crippen LogP contribution in [0.1, 0.15) is 52.0 Å². The number of nitrogen functional groups attached to an aromatic ring is 1. The lowest BCUT2D eigenvalue weighted by Gasteiger charge is -2.30. The minimum atomic E-state index is -1.17. The van der Waals surface area contributed by atoms with Gasteiger partial charge in [0.15, 0.2) is 17.7 Å². The number of carbonyl (C=O) groups is 1. The van der Waals surface area contributed by atoms with E-state index in [1.807, 2.05) is 26.0 Å². The molecular formula is C27H39N7O4. The Balaban J connectivity index is 1.32. The average Bonchev–Trinajstić information content (AvgIpc) is 3.40. The third-order valence-electron chi connectivity index (χ3n) is 7.05. The minimum absolute atomic E-state index is 0.0434. The van der Waals surface area contributed by atoms with E-state index in [4.69, 9.17) is 10.5 Å². The SMILES string of the molecule is CC(C)N(CCNC(=O)Cc1ccc(C(C)(C)C)cc1)C[C@H]1O[C@@H](n2cnc3c(N)ncnc32)[C@H](O)[C@@H]1O. The van der Waals surface area contributed by atoms with Crippen molar-refractivity contribution in [3.8, 4) is 0 Å². The summed E-state index contributed by atoms with van der Waals surface area (Å²) < 4.78 is 7.66. The highest BCUT2D eigenvalue weighted by Crippen LogP contribution is 2.32. The predicted octanol–water partition coefficient (Wildman–Crippen LogP) is 1.39. The van der Waals surface area contributed by atoms with Gasteiger partial charge in [-0.15, -0.1) is 0 Å². The second-order valence-corrected chi connectivity index (χ2v) is 11.2. The molecule has 206 valence electrons. The van der Waals surface area contributed by atoms with Crippen LogP contribution in [0.5, 0.6) is 0 Å². The number of fused-ring (bicyclic) bond motifs is 1. The number of hydrogen-bond donors (Lipinski definition) is 4. The number of benzene rings is 1. The van der Waals surface area contributed by atoms with Gasteiger partial charge < -0.3 is 26.0 Å². The van der Waals surface area contributed by atoms with Gasteiger partial charge in [-0.3, -0.25) is 14.3 Å². The lowest BCUT2D eigenvalue weighted by Crippen LogP contribution is -2.45. The molecule has 4 rings (SSSR count). The molecule has 0 saturated carbocycles. The molecule has 11 nitrogen and oxygen atoms in total. The number of ether oxygens (including phenoxy) is 1. The highest BCUT2D eigenvalue weighted by atomic mass is 16.6. The largest absolute Gasteiger partial charge is 0.387 e. The van der Waals surface area contributed by atoms with Crippen LogP contribution in [0, 0.1) is 0 Å². The van der Waals surface area contributed by atoms with Crippen LogP contribution in [0.2, 0.25) is 0 Å². The fourth-order valence-electron chi connectivity index (χ4n) is 4.67. The van der Waals surface area contributed by atoms with Gasteiger partial charge in [0.1, 0.15) is 30.2 Å². The zero-order chi connectivity index (χ0) is 27.6. The molecule has 1 amide bonds. The summed E-state index contributed by atoms with van der Waals surface area (Å²) >= 11 is 0. The van der Waals surface area contributed by atoms with E-state index in [-0.39, 0.29) is 23.2 Å². The first-order valence-corrected chi connectivity index (χ1v) is 13.0. The standard InChI is InChI=1S/C27H39N7O4/c1-16(2)33(11-10-29-20(35)12-17-6-8-18(9-7-17)27(3,4)5)13-19-22(36)23(37)26(38-19)34-15-32-21-24(28)30-14-31-25(21)34/h6-9,14-16,19,22-23,26,36-37H,10-13H2,1-5H3,(H,29,35)(H2,28,30,31)/t19-,22-,23-,26-/m1/s1. The average molecular weight is 526 g/mol. The van der Waals surface area contributed by atoms with Gasteiger partial charge in [-0.2, -0.15) is 0 Å². The minimum Gasteiger partial charge on any atom is -0.387 e. The van der Waals surface area contributed by atoms with Gasteiger partial charge in [0.25, 0.3) is 0 Å². The Morgan fingerprint density at radius 1 is 1.16 bits per heavy atom.